The van der Waals surface area contributed by atoms with E-state index in [0.717, 1.165) is 29.8 Å². The van der Waals surface area contributed by atoms with E-state index in [9.17, 15) is 18.4 Å². The van der Waals surface area contributed by atoms with Crippen LogP contribution in [0.3, 0.4) is 0 Å². The van der Waals surface area contributed by atoms with Gasteiger partial charge in [0.15, 0.2) is 18.2 Å². The molecule has 0 aliphatic carbocycles. The highest BCUT2D eigenvalue weighted by Crippen LogP contribution is 2.15. The number of rotatable bonds is 8. The lowest BCUT2D eigenvalue weighted by molar-refractivity contribution is -0.682. The van der Waals surface area contributed by atoms with Crippen molar-refractivity contribution < 1.29 is 23.7 Å². The molecule has 2 aromatic rings. The van der Waals surface area contributed by atoms with Gasteiger partial charge in [-0.1, -0.05) is 25.1 Å². The van der Waals surface area contributed by atoms with Gasteiger partial charge < -0.3 is 16.0 Å². The van der Waals surface area contributed by atoms with Crippen molar-refractivity contribution in [2.24, 2.45) is 0 Å². The molecule has 1 atom stereocenters. The molecule has 0 saturated carbocycles. The van der Waals surface area contributed by atoms with Crippen molar-refractivity contribution >= 4 is 17.5 Å². The Labute approximate surface area is 157 Å². The average Bonchev–Trinajstić information content (AvgIpc) is 2.67. The summed E-state index contributed by atoms with van der Waals surface area (Å²) >= 11 is 0. The molecule has 2 aromatic carbocycles. The van der Waals surface area contributed by atoms with Crippen LogP contribution in [0.25, 0.3) is 0 Å². The molecule has 4 N–H and O–H groups in total. The number of hydrogen-bond acceptors (Lipinski definition) is 2. The average molecular weight is 376 g/mol. The smallest absolute Gasteiger partial charge is 0.275 e. The molecule has 2 rings (SSSR count). The number of carbonyl (C=O) groups is 2. The van der Waals surface area contributed by atoms with Gasteiger partial charge in [-0.15, -0.1) is 0 Å². The highest BCUT2D eigenvalue weighted by atomic mass is 19.2. The van der Waals surface area contributed by atoms with E-state index in [4.69, 9.17) is 0 Å². The van der Waals surface area contributed by atoms with Crippen LogP contribution in [0.4, 0.5) is 14.5 Å². The highest BCUT2D eigenvalue weighted by Gasteiger charge is 2.14. The topological polar surface area (TPSA) is 74.8 Å². The molecule has 0 aliphatic rings. The molecule has 2 amide bonds. The Morgan fingerprint density at radius 3 is 2.52 bits per heavy atom. The number of nitrogens with one attached hydrogen (secondary N) is 2. The number of hydrogen-bond donors (Lipinski definition) is 3. The molecule has 0 radical (unpaired) electrons. The second-order valence-electron chi connectivity index (χ2n) is 6.24. The van der Waals surface area contributed by atoms with Gasteiger partial charge in [0, 0.05) is 11.3 Å². The standard InChI is InChI=1S/C20H23F2N3O2/c1-3-14-6-4-5-7-18(14)25-20(27)12-24-19(26)11-23-13(2)15-8-9-16(21)17(22)10-15/h4-10,13,23H,3,11-12H2,1-2H3,(H,24,26)(H,25,27)/p+1/t13-/m1/s1. The van der Waals surface area contributed by atoms with Crippen LogP contribution in [0.2, 0.25) is 0 Å². The number of carbonyl (C=O) groups excluding carboxylic acids is 2. The molecule has 5 nitrogen and oxygen atoms in total. The van der Waals surface area contributed by atoms with E-state index in [-0.39, 0.29) is 30.9 Å². The van der Waals surface area contributed by atoms with Crippen LogP contribution in [0.15, 0.2) is 42.5 Å². The SMILES string of the molecule is CCc1ccccc1NC(=O)CNC(=O)C[NH2+][C@H](C)c1ccc(F)c(F)c1. The minimum atomic E-state index is -0.916. The van der Waals surface area contributed by atoms with E-state index < -0.39 is 11.6 Å². The van der Waals surface area contributed by atoms with Crippen LogP contribution in [-0.4, -0.2) is 24.9 Å². The Bertz CT molecular complexity index is 812. The van der Waals surface area contributed by atoms with Crippen molar-refractivity contribution in [3.8, 4) is 0 Å². The fraction of sp³-hybridized carbons (Fsp3) is 0.300. The van der Waals surface area contributed by atoms with E-state index in [1.54, 1.807) is 12.2 Å². The summed E-state index contributed by atoms with van der Waals surface area (Å²) in [5.41, 5.74) is 2.33. The Morgan fingerprint density at radius 2 is 1.81 bits per heavy atom. The maximum absolute atomic E-state index is 13.3. The number of nitrogens with two attached hydrogens (primary N) is 1. The Morgan fingerprint density at radius 1 is 1.07 bits per heavy atom. The first-order chi connectivity index (χ1) is 12.9. The van der Waals surface area contributed by atoms with Crippen molar-refractivity contribution in [2.75, 3.05) is 18.4 Å². The molecular weight excluding hydrogens is 352 g/mol. The summed E-state index contributed by atoms with van der Waals surface area (Å²) in [7, 11) is 0. The molecular formula is C20H24F2N3O2+. The highest BCUT2D eigenvalue weighted by molar-refractivity contribution is 5.95. The van der Waals surface area contributed by atoms with E-state index >= 15 is 0 Å². The normalized spacial score (nSPS) is 11.7. The Kier molecular flexibility index (Phi) is 7.43. The van der Waals surface area contributed by atoms with Gasteiger partial charge in [-0.05, 0) is 43.2 Å². The third-order valence-corrected chi connectivity index (χ3v) is 4.24. The largest absolute Gasteiger partial charge is 0.342 e. The maximum atomic E-state index is 13.3. The van der Waals surface area contributed by atoms with Crippen LogP contribution in [0.5, 0.6) is 0 Å². The van der Waals surface area contributed by atoms with Crippen molar-refractivity contribution in [1.82, 2.24) is 5.32 Å². The first kappa shape index (κ1) is 20.5. The van der Waals surface area contributed by atoms with Gasteiger partial charge >= 0.3 is 0 Å². The van der Waals surface area contributed by atoms with Crippen LogP contribution < -0.4 is 16.0 Å². The van der Waals surface area contributed by atoms with Gasteiger partial charge in [0.25, 0.3) is 5.91 Å². The minimum Gasteiger partial charge on any atom is -0.342 e. The lowest BCUT2D eigenvalue weighted by Gasteiger charge is -2.12. The summed E-state index contributed by atoms with van der Waals surface area (Å²) in [5, 5.41) is 7.02. The molecule has 27 heavy (non-hydrogen) atoms. The molecule has 0 fully saturated rings. The maximum Gasteiger partial charge on any atom is 0.275 e. The van der Waals surface area contributed by atoms with E-state index in [1.807, 2.05) is 31.2 Å². The zero-order valence-corrected chi connectivity index (χ0v) is 15.4. The molecule has 144 valence electrons. The number of quaternary nitrogens is 1. The van der Waals surface area contributed by atoms with Gasteiger partial charge in [-0.25, -0.2) is 8.78 Å². The van der Waals surface area contributed by atoms with Crippen molar-refractivity contribution in [1.29, 1.82) is 0 Å². The van der Waals surface area contributed by atoms with Gasteiger partial charge in [-0.2, -0.15) is 0 Å². The minimum absolute atomic E-state index is 0.0684. The van der Waals surface area contributed by atoms with Crippen molar-refractivity contribution in [3.05, 3.63) is 65.2 Å². The number of anilines is 1. The zero-order chi connectivity index (χ0) is 19.8. The fourth-order valence-corrected chi connectivity index (χ4v) is 2.61. The molecule has 0 aromatic heterocycles. The second kappa shape index (κ2) is 9.78. The molecule has 0 unspecified atom stereocenters. The quantitative estimate of drug-likeness (QED) is 0.658. The predicted octanol–water partition coefficient (Wildman–Crippen LogP) is 1.91. The summed E-state index contributed by atoms with van der Waals surface area (Å²) < 4.78 is 26.2. The van der Waals surface area contributed by atoms with Crippen molar-refractivity contribution in [3.63, 3.8) is 0 Å². The van der Waals surface area contributed by atoms with E-state index in [0.29, 0.717) is 5.56 Å². The van der Waals surface area contributed by atoms with Gasteiger partial charge in [0.05, 0.1) is 6.54 Å². The number of benzene rings is 2. The first-order valence-corrected chi connectivity index (χ1v) is 8.83. The van der Waals surface area contributed by atoms with Crippen LogP contribution in [0.1, 0.15) is 31.0 Å². The number of para-hydroxylation sites is 1. The van der Waals surface area contributed by atoms with Gasteiger partial charge in [-0.3, -0.25) is 9.59 Å². The number of amides is 2. The summed E-state index contributed by atoms with van der Waals surface area (Å²) in [6.45, 7) is 3.72. The van der Waals surface area contributed by atoms with Crippen LogP contribution in [-0.2, 0) is 16.0 Å². The van der Waals surface area contributed by atoms with Crippen molar-refractivity contribution in [2.45, 2.75) is 26.3 Å². The summed E-state index contributed by atoms with van der Waals surface area (Å²) in [6, 6.07) is 10.9. The molecule has 0 heterocycles. The molecule has 7 heteroatoms. The second-order valence-corrected chi connectivity index (χ2v) is 6.24. The lowest BCUT2D eigenvalue weighted by Crippen LogP contribution is -2.87. The molecule has 0 bridgehead atoms. The first-order valence-electron chi connectivity index (χ1n) is 8.83. The summed E-state index contributed by atoms with van der Waals surface area (Å²) in [6.07, 6.45) is 0.791. The lowest BCUT2D eigenvalue weighted by atomic mass is 10.1. The van der Waals surface area contributed by atoms with Gasteiger partial charge in [0.1, 0.15) is 6.04 Å². The summed E-state index contributed by atoms with van der Waals surface area (Å²) in [4.78, 5) is 23.9. The predicted molar refractivity (Wildman–Crippen MR) is 99.0 cm³/mol. The third kappa shape index (κ3) is 6.14. The van der Waals surface area contributed by atoms with Crippen LogP contribution >= 0.6 is 0 Å². The fourth-order valence-electron chi connectivity index (χ4n) is 2.61. The monoisotopic (exact) mass is 376 g/mol. The van der Waals surface area contributed by atoms with Crippen LogP contribution in [0, 0.1) is 11.6 Å². The number of halogens is 2. The number of aryl methyl sites for hydroxylation is 1. The molecule has 0 saturated heterocycles. The van der Waals surface area contributed by atoms with Gasteiger partial charge in [0.2, 0.25) is 5.91 Å². The zero-order valence-electron chi connectivity index (χ0n) is 15.4. The summed E-state index contributed by atoms with van der Waals surface area (Å²) in [5.74, 6) is -2.44. The molecule has 0 aliphatic heterocycles. The Hall–Kier alpha value is -2.80. The van der Waals surface area contributed by atoms with E-state index in [2.05, 4.69) is 10.6 Å². The Balaban J connectivity index is 1.77. The third-order valence-electron chi connectivity index (χ3n) is 4.24. The molecule has 0 spiro atoms. The van der Waals surface area contributed by atoms with E-state index in [1.165, 1.54) is 6.07 Å².